The Labute approximate surface area is 181 Å². The van der Waals surface area contributed by atoms with Crippen LogP contribution in [0.15, 0.2) is 48.5 Å². The molecule has 1 saturated heterocycles. The topological polar surface area (TPSA) is 60.0 Å². The van der Waals surface area contributed by atoms with Gasteiger partial charge in [-0.05, 0) is 29.3 Å². The van der Waals surface area contributed by atoms with Gasteiger partial charge in [0.25, 0.3) is 0 Å². The molecule has 1 amide bonds. The van der Waals surface area contributed by atoms with Gasteiger partial charge < -0.3 is 19.5 Å². The van der Waals surface area contributed by atoms with Crippen LogP contribution in [0.3, 0.4) is 0 Å². The number of rotatable bonds is 6. The standard InChI is InChI=1S/C23H25ClN2O4/c24-19-14-17(15-21-23(19)30-13-12-29-21)6-7-22(27)25-16-20(18-4-2-1-3-5-18)26-8-10-28-11-9-26/h1-7,14-15,20H,8-13,16H2,(H,25,27). The van der Waals surface area contributed by atoms with Crippen LogP contribution >= 0.6 is 11.6 Å². The van der Waals surface area contributed by atoms with Crippen molar-refractivity contribution in [1.29, 1.82) is 0 Å². The summed E-state index contributed by atoms with van der Waals surface area (Å²) in [6.07, 6.45) is 3.24. The van der Waals surface area contributed by atoms with Gasteiger partial charge in [-0.3, -0.25) is 9.69 Å². The fourth-order valence-electron chi connectivity index (χ4n) is 3.68. The van der Waals surface area contributed by atoms with Gasteiger partial charge in [0.15, 0.2) is 11.5 Å². The first kappa shape index (κ1) is 20.7. The van der Waals surface area contributed by atoms with Crippen molar-refractivity contribution in [2.75, 3.05) is 46.1 Å². The van der Waals surface area contributed by atoms with Crippen LogP contribution in [0, 0.1) is 0 Å². The number of morpholine rings is 1. The first-order chi connectivity index (χ1) is 14.7. The lowest BCUT2D eigenvalue weighted by molar-refractivity contribution is -0.116. The van der Waals surface area contributed by atoms with E-state index in [4.69, 9.17) is 25.8 Å². The Morgan fingerprint density at radius 2 is 1.87 bits per heavy atom. The van der Waals surface area contributed by atoms with Crippen LogP contribution in [-0.2, 0) is 9.53 Å². The molecule has 2 aliphatic rings. The van der Waals surface area contributed by atoms with Gasteiger partial charge in [-0.15, -0.1) is 0 Å². The van der Waals surface area contributed by atoms with Crippen molar-refractivity contribution in [3.05, 3.63) is 64.7 Å². The van der Waals surface area contributed by atoms with Crippen molar-refractivity contribution in [3.63, 3.8) is 0 Å². The lowest BCUT2D eigenvalue weighted by atomic mass is 10.0. The second-order valence-corrected chi connectivity index (χ2v) is 7.59. The van der Waals surface area contributed by atoms with Gasteiger partial charge in [0.2, 0.25) is 5.91 Å². The van der Waals surface area contributed by atoms with E-state index in [9.17, 15) is 4.79 Å². The molecule has 30 heavy (non-hydrogen) atoms. The SMILES string of the molecule is O=C(C=Cc1cc(Cl)c2c(c1)OCCO2)NCC(c1ccccc1)N1CCOCC1. The number of ether oxygens (including phenoxy) is 3. The molecule has 2 aromatic carbocycles. The number of carbonyl (C=O) groups excluding carboxylic acids is 1. The van der Waals surface area contributed by atoms with E-state index >= 15 is 0 Å². The number of hydrogen-bond acceptors (Lipinski definition) is 5. The number of amides is 1. The van der Waals surface area contributed by atoms with Gasteiger partial charge in [0.1, 0.15) is 13.2 Å². The summed E-state index contributed by atoms with van der Waals surface area (Å²) in [6.45, 7) is 4.61. The van der Waals surface area contributed by atoms with Gasteiger partial charge in [-0.25, -0.2) is 0 Å². The molecule has 0 aromatic heterocycles. The summed E-state index contributed by atoms with van der Waals surface area (Å²) in [5.74, 6) is 1.00. The number of halogens is 1. The quantitative estimate of drug-likeness (QED) is 0.715. The molecule has 2 heterocycles. The molecule has 2 aromatic rings. The van der Waals surface area contributed by atoms with E-state index in [0.717, 1.165) is 18.7 Å². The highest BCUT2D eigenvalue weighted by molar-refractivity contribution is 6.32. The van der Waals surface area contributed by atoms with Gasteiger partial charge in [0.05, 0.1) is 24.3 Å². The maximum Gasteiger partial charge on any atom is 0.244 e. The van der Waals surface area contributed by atoms with Crippen LogP contribution in [0.4, 0.5) is 0 Å². The highest BCUT2D eigenvalue weighted by Crippen LogP contribution is 2.38. The molecule has 1 unspecified atom stereocenters. The molecular formula is C23H25ClN2O4. The van der Waals surface area contributed by atoms with Crippen molar-refractivity contribution in [2.45, 2.75) is 6.04 Å². The van der Waals surface area contributed by atoms with Crippen LogP contribution in [0.1, 0.15) is 17.2 Å². The van der Waals surface area contributed by atoms with Gasteiger partial charge in [0, 0.05) is 25.7 Å². The second kappa shape index (κ2) is 9.98. The molecule has 6 nitrogen and oxygen atoms in total. The highest BCUT2D eigenvalue weighted by Gasteiger charge is 2.22. The largest absolute Gasteiger partial charge is 0.486 e. The summed E-state index contributed by atoms with van der Waals surface area (Å²) in [5, 5.41) is 3.50. The minimum Gasteiger partial charge on any atom is -0.486 e. The van der Waals surface area contributed by atoms with E-state index < -0.39 is 0 Å². The number of nitrogens with one attached hydrogen (secondary N) is 1. The lowest BCUT2D eigenvalue weighted by Gasteiger charge is -2.34. The molecule has 7 heteroatoms. The maximum absolute atomic E-state index is 12.5. The van der Waals surface area contributed by atoms with Crippen molar-refractivity contribution < 1.29 is 19.0 Å². The lowest BCUT2D eigenvalue weighted by Crippen LogP contribution is -2.43. The van der Waals surface area contributed by atoms with Crippen LogP contribution in [0.2, 0.25) is 5.02 Å². The minimum atomic E-state index is -0.157. The fourth-order valence-corrected chi connectivity index (χ4v) is 3.95. The van der Waals surface area contributed by atoms with Gasteiger partial charge >= 0.3 is 0 Å². The summed E-state index contributed by atoms with van der Waals surface area (Å²) in [6, 6.07) is 13.9. The summed E-state index contributed by atoms with van der Waals surface area (Å²) < 4.78 is 16.6. The van der Waals surface area contributed by atoms with E-state index in [-0.39, 0.29) is 11.9 Å². The minimum absolute atomic E-state index is 0.108. The first-order valence-electron chi connectivity index (χ1n) is 10.1. The number of carbonyl (C=O) groups is 1. The zero-order valence-electron chi connectivity index (χ0n) is 16.7. The third-order valence-electron chi connectivity index (χ3n) is 5.19. The number of benzene rings is 2. The van der Waals surface area contributed by atoms with Crippen LogP contribution in [0.25, 0.3) is 6.08 Å². The molecule has 1 N–H and O–H groups in total. The van der Waals surface area contributed by atoms with E-state index in [1.807, 2.05) is 24.3 Å². The molecule has 1 fully saturated rings. The predicted molar refractivity (Wildman–Crippen MR) is 116 cm³/mol. The highest BCUT2D eigenvalue weighted by atomic mass is 35.5. The number of hydrogen-bond donors (Lipinski definition) is 1. The third-order valence-corrected chi connectivity index (χ3v) is 5.47. The van der Waals surface area contributed by atoms with E-state index in [1.165, 1.54) is 11.6 Å². The Morgan fingerprint density at radius 1 is 1.10 bits per heavy atom. The van der Waals surface area contributed by atoms with Crippen LogP contribution in [0.5, 0.6) is 11.5 Å². The smallest absolute Gasteiger partial charge is 0.244 e. The zero-order chi connectivity index (χ0) is 20.8. The number of fused-ring (bicyclic) bond motifs is 1. The molecule has 0 spiro atoms. The Hall–Kier alpha value is -2.54. The fraction of sp³-hybridized carbons (Fsp3) is 0.348. The average molecular weight is 429 g/mol. The molecular weight excluding hydrogens is 404 g/mol. The summed E-state index contributed by atoms with van der Waals surface area (Å²) >= 11 is 6.26. The summed E-state index contributed by atoms with van der Waals surface area (Å²) in [7, 11) is 0. The van der Waals surface area contributed by atoms with Gasteiger partial charge in [-0.1, -0.05) is 41.9 Å². The predicted octanol–water partition coefficient (Wildman–Crippen LogP) is 3.31. The molecule has 4 rings (SSSR count). The monoisotopic (exact) mass is 428 g/mol. The Bertz CT molecular complexity index is 898. The van der Waals surface area contributed by atoms with Crippen molar-refractivity contribution in [3.8, 4) is 11.5 Å². The molecule has 0 bridgehead atoms. The molecule has 2 aliphatic heterocycles. The summed E-state index contributed by atoms with van der Waals surface area (Å²) in [4.78, 5) is 14.8. The Balaban J connectivity index is 1.40. The maximum atomic E-state index is 12.5. The Morgan fingerprint density at radius 3 is 2.67 bits per heavy atom. The van der Waals surface area contributed by atoms with E-state index in [0.29, 0.717) is 49.5 Å². The van der Waals surface area contributed by atoms with E-state index in [2.05, 4.69) is 22.3 Å². The first-order valence-corrected chi connectivity index (χ1v) is 10.5. The molecule has 0 aliphatic carbocycles. The van der Waals surface area contributed by atoms with Gasteiger partial charge in [-0.2, -0.15) is 0 Å². The average Bonchev–Trinajstić information content (AvgIpc) is 2.79. The normalized spacial score (nSPS) is 17.6. The van der Waals surface area contributed by atoms with Crippen molar-refractivity contribution in [2.24, 2.45) is 0 Å². The summed E-state index contributed by atoms with van der Waals surface area (Å²) in [5.41, 5.74) is 1.97. The van der Waals surface area contributed by atoms with Crippen molar-refractivity contribution in [1.82, 2.24) is 10.2 Å². The molecule has 158 valence electrons. The molecule has 0 saturated carbocycles. The molecule has 1 atom stereocenters. The molecule has 0 radical (unpaired) electrons. The Kier molecular flexibility index (Phi) is 6.89. The number of nitrogens with zero attached hydrogens (tertiary/aromatic N) is 1. The van der Waals surface area contributed by atoms with Crippen LogP contribution in [-0.4, -0.2) is 56.9 Å². The zero-order valence-corrected chi connectivity index (χ0v) is 17.4. The van der Waals surface area contributed by atoms with Crippen LogP contribution < -0.4 is 14.8 Å². The van der Waals surface area contributed by atoms with E-state index in [1.54, 1.807) is 12.1 Å². The second-order valence-electron chi connectivity index (χ2n) is 7.18. The third kappa shape index (κ3) is 5.14. The van der Waals surface area contributed by atoms with Crippen molar-refractivity contribution >= 4 is 23.6 Å².